The molecule has 0 aliphatic rings. The summed E-state index contributed by atoms with van der Waals surface area (Å²) in [5.74, 6) is 0. The van der Waals surface area contributed by atoms with Crippen LogP contribution in [0, 0.1) is 6.92 Å². The molecule has 0 aromatic carbocycles. The summed E-state index contributed by atoms with van der Waals surface area (Å²) in [6.07, 6.45) is 3.57. The largest absolute Gasteiger partial charge is 0.393 e. The Balaban J connectivity index is 2.33. The maximum Gasteiger partial charge on any atom is 0.0728 e. The van der Waals surface area contributed by atoms with Crippen LogP contribution >= 0.6 is 12.2 Å². The minimum Gasteiger partial charge on any atom is -0.393 e. The third-order valence-electron chi connectivity index (χ3n) is 1.72. The zero-order chi connectivity index (χ0) is 8.97. The lowest BCUT2D eigenvalue weighted by atomic mass is 10.3. The quantitative estimate of drug-likeness (QED) is 0.715. The highest BCUT2D eigenvalue weighted by molar-refractivity contribution is 7.80. The van der Waals surface area contributed by atoms with Crippen LogP contribution in [-0.2, 0) is 6.54 Å². The van der Waals surface area contributed by atoms with Gasteiger partial charge in [0.1, 0.15) is 0 Å². The van der Waals surface area contributed by atoms with Crippen molar-refractivity contribution in [1.82, 2.24) is 9.78 Å². The van der Waals surface area contributed by atoms with Gasteiger partial charge in [0.2, 0.25) is 0 Å². The Kier molecular flexibility index (Phi) is 3.22. The molecule has 1 rings (SSSR count). The van der Waals surface area contributed by atoms with E-state index in [-0.39, 0.29) is 0 Å². The summed E-state index contributed by atoms with van der Waals surface area (Å²) < 4.78 is 1.96. The fourth-order valence-electron chi connectivity index (χ4n) is 1.04. The van der Waals surface area contributed by atoms with Crippen molar-refractivity contribution in [2.24, 2.45) is 5.73 Å². The van der Waals surface area contributed by atoms with Gasteiger partial charge in [-0.25, -0.2) is 0 Å². The molecule has 0 saturated heterocycles. The molecule has 0 aliphatic heterocycles. The third kappa shape index (κ3) is 2.62. The minimum absolute atomic E-state index is 0.583. The molecule has 0 bridgehead atoms. The number of nitrogens with two attached hydrogens (primary N) is 1. The highest BCUT2D eigenvalue weighted by atomic mass is 32.1. The lowest BCUT2D eigenvalue weighted by Crippen LogP contribution is -2.10. The molecule has 12 heavy (non-hydrogen) atoms. The first-order valence-corrected chi connectivity index (χ1v) is 4.37. The van der Waals surface area contributed by atoms with E-state index in [4.69, 9.17) is 18.0 Å². The number of rotatable bonds is 4. The topological polar surface area (TPSA) is 43.8 Å². The Hall–Kier alpha value is -0.900. The predicted molar refractivity (Wildman–Crippen MR) is 53.0 cm³/mol. The Bertz CT molecular complexity index is 267. The summed E-state index contributed by atoms with van der Waals surface area (Å²) in [5, 5.41) is 4.15. The maximum atomic E-state index is 5.37. The van der Waals surface area contributed by atoms with Crippen molar-refractivity contribution >= 4 is 17.2 Å². The fourth-order valence-corrected chi connectivity index (χ4v) is 1.18. The second-order valence-electron chi connectivity index (χ2n) is 2.77. The van der Waals surface area contributed by atoms with Crippen molar-refractivity contribution in [2.45, 2.75) is 26.3 Å². The van der Waals surface area contributed by atoms with Gasteiger partial charge in [-0.3, -0.25) is 4.68 Å². The highest BCUT2D eigenvalue weighted by Crippen LogP contribution is 1.99. The molecule has 0 amide bonds. The molecule has 3 nitrogen and oxygen atoms in total. The first kappa shape index (κ1) is 9.19. The van der Waals surface area contributed by atoms with Crippen LogP contribution in [0.1, 0.15) is 18.5 Å². The average molecular weight is 183 g/mol. The molecular formula is C8H13N3S. The van der Waals surface area contributed by atoms with E-state index < -0.39 is 0 Å². The maximum absolute atomic E-state index is 5.37. The van der Waals surface area contributed by atoms with Gasteiger partial charge in [0.15, 0.2) is 0 Å². The van der Waals surface area contributed by atoms with Gasteiger partial charge in [-0.05, 0) is 25.8 Å². The van der Waals surface area contributed by atoms with E-state index in [1.807, 2.05) is 17.7 Å². The van der Waals surface area contributed by atoms with Crippen molar-refractivity contribution in [1.29, 1.82) is 0 Å². The highest BCUT2D eigenvalue weighted by Gasteiger charge is 1.96. The van der Waals surface area contributed by atoms with Crippen LogP contribution in [0.2, 0.25) is 0 Å². The van der Waals surface area contributed by atoms with E-state index in [1.54, 1.807) is 6.20 Å². The second kappa shape index (κ2) is 4.21. The van der Waals surface area contributed by atoms with Gasteiger partial charge < -0.3 is 5.73 Å². The Labute approximate surface area is 77.6 Å². The zero-order valence-electron chi connectivity index (χ0n) is 7.16. The van der Waals surface area contributed by atoms with E-state index in [0.29, 0.717) is 4.99 Å². The van der Waals surface area contributed by atoms with Gasteiger partial charge in [-0.2, -0.15) is 5.10 Å². The minimum atomic E-state index is 0.583. The van der Waals surface area contributed by atoms with Gasteiger partial charge in [0.25, 0.3) is 0 Å². The van der Waals surface area contributed by atoms with E-state index in [0.717, 1.165) is 19.4 Å². The van der Waals surface area contributed by atoms with Crippen LogP contribution in [-0.4, -0.2) is 14.8 Å². The Morgan fingerprint density at radius 1 is 1.75 bits per heavy atom. The number of thiocarbonyl (C=S) groups is 1. The standard InChI is InChI=1S/C8H13N3S/c1-7-4-5-10-11(7)6-2-3-8(9)12/h4-5H,2-3,6H2,1H3,(H2,9,12). The molecule has 0 radical (unpaired) electrons. The van der Waals surface area contributed by atoms with Gasteiger partial charge in [-0.15, -0.1) is 0 Å². The lowest BCUT2D eigenvalue weighted by molar-refractivity contribution is 0.575. The molecular weight excluding hydrogens is 170 g/mol. The summed E-state index contributed by atoms with van der Waals surface area (Å²) in [6, 6.07) is 1.99. The van der Waals surface area contributed by atoms with Gasteiger partial charge in [0.05, 0.1) is 4.99 Å². The molecule has 0 atom stereocenters. The van der Waals surface area contributed by atoms with E-state index >= 15 is 0 Å². The molecule has 0 saturated carbocycles. The molecule has 0 aliphatic carbocycles. The SMILES string of the molecule is Cc1ccnn1CCCC(N)=S. The van der Waals surface area contributed by atoms with Gasteiger partial charge >= 0.3 is 0 Å². The van der Waals surface area contributed by atoms with E-state index in [1.165, 1.54) is 5.69 Å². The monoisotopic (exact) mass is 183 g/mol. The summed E-state index contributed by atoms with van der Waals surface area (Å²) >= 11 is 4.77. The molecule has 2 N–H and O–H groups in total. The number of aromatic nitrogens is 2. The van der Waals surface area contributed by atoms with Crippen LogP contribution in [0.5, 0.6) is 0 Å². The molecule has 0 fully saturated rings. The summed E-state index contributed by atoms with van der Waals surface area (Å²) in [6.45, 7) is 2.93. The lowest BCUT2D eigenvalue weighted by Gasteiger charge is -2.02. The number of hydrogen-bond acceptors (Lipinski definition) is 2. The first-order chi connectivity index (χ1) is 5.70. The normalized spacial score (nSPS) is 10.1. The van der Waals surface area contributed by atoms with Crippen molar-refractivity contribution in [2.75, 3.05) is 0 Å². The van der Waals surface area contributed by atoms with Crippen LogP contribution in [0.4, 0.5) is 0 Å². The predicted octanol–water partition coefficient (Wildman–Crippen LogP) is 1.26. The molecule has 1 aromatic rings. The van der Waals surface area contributed by atoms with Crippen molar-refractivity contribution < 1.29 is 0 Å². The average Bonchev–Trinajstić information content (AvgIpc) is 2.36. The summed E-state index contributed by atoms with van der Waals surface area (Å²) in [5.41, 5.74) is 6.55. The fraction of sp³-hybridized carbons (Fsp3) is 0.500. The number of hydrogen-bond donors (Lipinski definition) is 1. The van der Waals surface area contributed by atoms with Crippen LogP contribution in [0.25, 0.3) is 0 Å². The van der Waals surface area contributed by atoms with Crippen LogP contribution in [0.3, 0.4) is 0 Å². The number of aryl methyl sites for hydroxylation is 2. The van der Waals surface area contributed by atoms with Crippen molar-refractivity contribution in [3.8, 4) is 0 Å². The van der Waals surface area contributed by atoms with Crippen molar-refractivity contribution in [3.05, 3.63) is 18.0 Å². The smallest absolute Gasteiger partial charge is 0.0728 e. The van der Waals surface area contributed by atoms with Crippen molar-refractivity contribution in [3.63, 3.8) is 0 Å². The molecule has 1 heterocycles. The van der Waals surface area contributed by atoms with E-state index in [2.05, 4.69) is 5.10 Å². The number of nitrogens with zero attached hydrogens (tertiary/aromatic N) is 2. The van der Waals surface area contributed by atoms with Crippen LogP contribution < -0.4 is 5.73 Å². The molecule has 66 valence electrons. The van der Waals surface area contributed by atoms with Gasteiger partial charge in [0, 0.05) is 18.4 Å². The summed E-state index contributed by atoms with van der Waals surface area (Å²) in [4.78, 5) is 0.583. The molecule has 4 heteroatoms. The summed E-state index contributed by atoms with van der Waals surface area (Å²) in [7, 11) is 0. The third-order valence-corrected chi connectivity index (χ3v) is 1.93. The van der Waals surface area contributed by atoms with Crippen LogP contribution in [0.15, 0.2) is 12.3 Å². The first-order valence-electron chi connectivity index (χ1n) is 3.97. The molecule has 0 unspecified atom stereocenters. The van der Waals surface area contributed by atoms with Gasteiger partial charge in [-0.1, -0.05) is 12.2 Å². The second-order valence-corrected chi connectivity index (χ2v) is 3.29. The Morgan fingerprint density at radius 3 is 3.00 bits per heavy atom. The van der Waals surface area contributed by atoms with E-state index in [9.17, 15) is 0 Å². The zero-order valence-corrected chi connectivity index (χ0v) is 7.97. The molecule has 0 spiro atoms. The Morgan fingerprint density at radius 2 is 2.50 bits per heavy atom. The molecule has 1 aromatic heterocycles.